The second-order valence-corrected chi connectivity index (χ2v) is 10.6. The van der Waals surface area contributed by atoms with Gasteiger partial charge in [-0.1, -0.05) is 42.4 Å². The number of nitrogens with one attached hydrogen (secondary N) is 1. The summed E-state index contributed by atoms with van der Waals surface area (Å²) in [6.45, 7) is 3.82. The molecule has 1 aliphatic heterocycles. The molecule has 2 fully saturated rings. The lowest BCUT2D eigenvalue weighted by Gasteiger charge is -2.32. The molecule has 5 rings (SSSR count). The van der Waals surface area contributed by atoms with Gasteiger partial charge in [-0.15, -0.1) is 0 Å². The van der Waals surface area contributed by atoms with Crippen molar-refractivity contribution in [1.29, 1.82) is 0 Å². The third-order valence-electron chi connectivity index (χ3n) is 6.68. The van der Waals surface area contributed by atoms with E-state index in [9.17, 15) is 4.79 Å². The van der Waals surface area contributed by atoms with Crippen LogP contribution in [-0.4, -0.2) is 60.1 Å². The van der Waals surface area contributed by atoms with Crippen molar-refractivity contribution in [2.75, 3.05) is 43.4 Å². The Labute approximate surface area is 217 Å². The van der Waals surface area contributed by atoms with Crippen molar-refractivity contribution in [3.05, 3.63) is 66.4 Å². The Morgan fingerprint density at radius 2 is 1.78 bits per heavy atom. The van der Waals surface area contributed by atoms with Gasteiger partial charge < -0.3 is 19.9 Å². The molecule has 36 heavy (non-hydrogen) atoms. The van der Waals surface area contributed by atoms with Gasteiger partial charge in [0.2, 0.25) is 11.8 Å². The Bertz CT molecular complexity index is 1160. The van der Waals surface area contributed by atoms with Crippen LogP contribution in [-0.2, 0) is 0 Å². The first-order chi connectivity index (χ1) is 17.6. The van der Waals surface area contributed by atoms with Crippen LogP contribution < -0.4 is 15.0 Å². The van der Waals surface area contributed by atoms with E-state index in [-0.39, 0.29) is 12.0 Å². The summed E-state index contributed by atoms with van der Waals surface area (Å²) in [5, 5.41) is 2.99. The largest absolute Gasteiger partial charge is 0.473 e. The van der Waals surface area contributed by atoms with Crippen LogP contribution in [0.5, 0.6) is 5.88 Å². The molecule has 1 aliphatic carbocycles. The highest BCUT2D eigenvalue weighted by Crippen LogP contribution is 2.37. The van der Waals surface area contributed by atoms with Crippen LogP contribution in [0.1, 0.15) is 42.5 Å². The quantitative estimate of drug-likeness (QED) is 0.466. The maximum absolute atomic E-state index is 12.6. The van der Waals surface area contributed by atoms with Gasteiger partial charge in [0.05, 0.1) is 11.1 Å². The number of hydrogen-bond donors (Lipinski definition) is 1. The Morgan fingerprint density at radius 3 is 2.56 bits per heavy atom. The van der Waals surface area contributed by atoms with Gasteiger partial charge in [0, 0.05) is 42.3 Å². The topological polar surface area (TPSA) is 70.6 Å². The third kappa shape index (κ3) is 6.36. The minimum absolute atomic E-state index is 0.126. The van der Waals surface area contributed by atoms with E-state index in [0.29, 0.717) is 11.4 Å². The predicted molar refractivity (Wildman–Crippen MR) is 144 cm³/mol. The summed E-state index contributed by atoms with van der Waals surface area (Å²) in [5.74, 6) is 1.27. The second kappa shape index (κ2) is 11.8. The van der Waals surface area contributed by atoms with Gasteiger partial charge >= 0.3 is 0 Å². The van der Waals surface area contributed by atoms with E-state index in [4.69, 9.17) is 14.7 Å². The number of nitrogens with zero attached hydrogens (tertiary/aromatic N) is 4. The van der Waals surface area contributed by atoms with Crippen molar-refractivity contribution in [2.45, 2.75) is 48.0 Å². The highest BCUT2D eigenvalue weighted by Gasteiger charge is 2.22. The zero-order chi connectivity index (χ0) is 24.7. The zero-order valence-corrected chi connectivity index (χ0v) is 21.5. The van der Waals surface area contributed by atoms with E-state index in [0.717, 1.165) is 60.4 Å². The smallest absolute Gasteiger partial charge is 0.255 e. The molecule has 1 aromatic heterocycles. The van der Waals surface area contributed by atoms with Crippen molar-refractivity contribution in [3.63, 3.8) is 0 Å². The molecule has 2 aliphatic rings. The Kier molecular flexibility index (Phi) is 8.03. The van der Waals surface area contributed by atoms with Crippen molar-refractivity contribution in [3.8, 4) is 5.88 Å². The first-order valence-corrected chi connectivity index (χ1v) is 13.6. The van der Waals surface area contributed by atoms with Crippen molar-refractivity contribution >= 4 is 29.3 Å². The van der Waals surface area contributed by atoms with Crippen molar-refractivity contribution in [2.24, 2.45) is 0 Å². The van der Waals surface area contributed by atoms with E-state index >= 15 is 0 Å². The van der Waals surface area contributed by atoms with Crippen LogP contribution in [0.2, 0.25) is 0 Å². The molecule has 2 aromatic carbocycles. The molecule has 0 spiro atoms. The number of carbonyl (C=O) groups is 1. The summed E-state index contributed by atoms with van der Waals surface area (Å²) in [5.41, 5.74) is 1.38. The SMILES string of the molecule is CN1CCN(c2ncc(Sc3cccc(NC(=O)c4ccccc4)c3)c(OC3CCCCC3)n2)CC1. The van der Waals surface area contributed by atoms with Crippen LogP contribution in [0.3, 0.4) is 0 Å². The molecule has 0 radical (unpaired) electrons. The van der Waals surface area contributed by atoms with Gasteiger partial charge in [-0.2, -0.15) is 4.98 Å². The number of amides is 1. The summed E-state index contributed by atoms with van der Waals surface area (Å²) in [4.78, 5) is 28.7. The fourth-order valence-corrected chi connectivity index (χ4v) is 5.43. The van der Waals surface area contributed by atoms with Crippen molar-refractivity contribution < 1.29 is 9.53 Å². The van der Waals surface area contributed by atoms with Gasteiger partial charge in [-0.25, -0.2) is 4.98 Å². The highest BCUT2D eigenvalue weighted by molar-refractivity contribution is 7.99. The molecule has 0 bridgehead atoms. The standard InChI is InChI=1S/C28H33N5O2S/c1-32-15-17-33(18-16-32)28-29-20-25(27(31-28)35-23-12-6-3-7-13-23)36-24-14-8-11-22(19-24)30-26(34)21-9-4-2-5-10-21/h2,4-5,8-11,14,19-20,23H,3,6-7,12-13,15-18H2,1H3,(H,30,34). The Hall–Kier alpha value is -3.10. The number of ether oxygens (including phenoxy) is 1. The van der Waals surface area contributed by atoms with Crippen molar-refractivity contribution in [1.82, 2.24) is 14.9 Å². The van der Waals surface area contributed by atoms with Crippen LogP contribution in [0, 0.1) is 0 Å². The number of anilines is 2. The minimum Gasteiger partial charge on any atom is -0.473 e. The molecule has 1 amide bonds. The number of carbonyl (C=O) groups excluding carboxylic acids is 1. The fraction of sp³-hybridized carbons (Fsp3) is 0.393. The lowest BCUT2D eigenvalue weighted by Crippen LogP contribution is -2.45. The maximum atomic E-state index is 12.6. The van der Waals surface area contributed by atoms with E-state index in [2.05, 4.69) is 22.2 Å². The fourth-order valence-electron chi connectivity index (χ4n) is 4.56. The average molecular weight is 504 g/mol. The molecule has 8 heteroatoms. The molecular formula is C28H33N5O2S. The monoisotopic (exact) mass is 503 g/mol. The first kappa shape index (κ1) is 24.6. The number of aromatic nitrogens is 2. The number of likely N-dealkylation sites (N-methyl/N-ethyl adjacent to an activating group) is 1. The zero-order valence-electron chi connectivity index (χ0n) is 20.7. The van der Waals surface area contributed by atoms with Gasteiger partial charge in [0.1, 0.15) is 6.10 Å². The molecule has 2 heterocycles. The average Bonchev–Trinajstić information content (AvgIpc) is 2.91. The van der Waals surface area contributed by atoms with E-state index in [1.807, 2.05) is 60.8 Å². The number of rotatable bonds is 7. The number of hydrogen-bond acceptors (Lipinski definition) is 7. The summed E-state index contributed by atoms with van der Waals surface area (Å²) >= 11 is 1.57. The summed E-state index contributed by atoms with van der Waals surface area (Å²) < 4.78 is 6.49. The molecule has 7 nitrogen and oxygen atoms in total. The van der Waals surface area contributed by atoms with Crippen LogP contribution >= 0.6 is 11.8 Å². The maximum Gasteiger partial charge on any atom is 0.255 e. The second-order valence-electron chi connectivity index (χ2n) is 9.46. The molecule has 1 saturated heterocycles. The molecule has 1 saturated carbocycles. The molecule has 3 aromatic rings. The van der Waals surface area contributed by atoms with Gasteiger partial charge in [0.25, 0.3) is 5.91 Å². The van der Waals surface area contributed by atoms with Crippen LogP contribution in [0.4, 0.5) is 11.6 Å². The van der Waals surface area contributed by atoms with Crippen LogP contribution in [0.15, 0.2) is 70.6 Å². The molecule has 1 N–H and O–H groups in total. The van der Waals surface area contributed by atoms with E-state index in [1.165, 1.54) is 19.3 Å². The predicted octanol–water partition coefficient (Wildman–Crippen LogP) is 5.34. The van der Waals surface area contributed by atoms with E-state index in [1.54, 1.807) is 11.8 Å². The summed E-state index contributed by atoms with van der Waals surface area (Å²) in [6, 6.07) is 17.1. The molecule has 0 unspecified atom stereocenters. The first-order valence-electron chi connectivity index (χ1n) is 12.8. The van der Waals surface area contributed by atoms with Gasteiger partial charge in [0.15, 0.2) is 0 Å². The van der Waals surface area contributed by atoms with Gasteiger partial charge in [-0.3, -0.25) is 4.79 Å². The number of piperazine rings is 1. The lowest BCUT2D eigenvalue weighted by molar-refractivity contribution is 0.102. The lowest BCUT2D eigenvalue weighted by atomic mass is 9.98. The summed E-state index contributed by atoms with van der Waals surface area (Å²) in [6.07, 6.45) is 7.90. The molecule has 0 atom stereocenters. The Morgan fingerprint density at radius 1 is 1.00 bits per heavy atom. The molecule has 188 valence electrons. The molecular weight excluding hydrogens is 470 g/mol. The minimum atomic E-state index is -0.126. The summed E-state index contributed by atoms with van der Waals surface area (Å²) in [7, 11) is 2.14. The van der Waals surface area contributed by atoms with Gasteiger partial charge in [-0.05, 0) is 63.1 Å². The Balaban J connectivity index is 1.35. The van der Waals surface area contributed by atoms with E-state index < -0.39 is 0 Å². The third-order valence-corrected chi connectivity index (χ3v) is 7.67. The van der Waals surface area contributed by atoms with Crippen LogP contribution in [0.25, 0.3) is 0 Å². The highest BCUT2D eigenvalue weighted by atomic mass is 32.2. The normalized spacial score (nSPS) is 17.1. The number of benzene rings is 2.